The minimum absolute atomic E-state index is 0.00846. The number of methoxy groups -OCH3 is 1. The molecule has 1 N–H and O–H groups in total. The highest BCUT2D eigenvalue weighted by atomic mass is 32.2. The fourth-order valence-corrected chi connectivity index (χ4v) is 5.80. The molecule has 0 atom stereocenters. The van der Waals surface area contributed by atoms with E-state index in [1.807, 2.05) is 43.3 Å². The molecule has 0 saturated carbocycles. The summed E-state index contributed by atoms with van der Waals surface area (Å²) in [6.07, 6.45) is 1.21. The zero-order valence-electron chi connectivity index (χ0n) is 19.4. The van der Waals surface area contributed by atoms with E-state index in [-0.39, 0.29) is 11.8 Å². The summed E-state index contributed by atoms with van der Waals surface area (Å²) in [5, 5.41) is 2.98. The molecule has 1 fully saturated rings. The van der Waals surface area contributed by atoms with Gasteiger partial charge in [-0.1, -0.05) is 36.4 Å². The second-order valence-corrected chi connectivity index (χ2v) is 10.3. The minimum Gasteiger partial charge on any atom is -0.496 e. The number of carbonyl (C=O) groups is 1. The molecule has 34 heavy (non-hydrogen) atoms. The number of nitrogens with one attached hydrogen (secondary N) is 1. The van der Waals surface area contributed by atoms with E-state index in [0.717, 1.165) is 22.7 Å². The molecule has 0 spiro atoms. The number of aryl methyl sites for hydroxylation is 1. The first kappa shape index (κ1) is 23.9. The molecule has 0 aliphatic carbocycles. The highest BCUT2D eigenvalue weighted by Gasteiger charge is 2.32. The monoisotopic (exact) mass is 479 g/mol. The molecular weight excluding hydrogens is 450 g/mol. The molecule has 1 aliphatic heterocycles. The number of para-hydroxylation sites is 1. The normalized spacial score (nSPS) is 15.1. The molecule has 3 aromatic rings. The average molecular weight is 480 g/mol. The van der Waals surface area contributed by atoms with Crippen LogP contribution in [0.15, 0.2) is 71.6 Å². The molecule has 1 aliphatic rings. The number of hydrogen-bond acceptors (Lipinski definition) is 5. The molecular formula is C26H29N3O4S. The molecule has 0 bridgehead atoms. The summed E-state index contributed by atoms with van der Waals surface area (Å²) < 4.78 is 32.8. The molecule has 1 saturated heterocycles. The number of carbonyl (C=O) groups excluding carboxylic acids is 1. The number of ether oxygens (including phenoxy) is 1. The maximum atomic E-state index is 13.1. The van der Waals surface area contributed by atoms with Crippen LogP contribution < -0.4 is 10.1 Å². The lowest BCUT2D eigenvalue weighted by molar-refractivity contribution is 0.0948. The molecule has 4 rings (SSSR count). The zero-order chi connectivity index (χ0) is 24.1. The van der Waals surface area contributed by atoms with Crippen molar-refractivity contribution in [2.45, 2.75) is 37.1 Å². The van der Waals surface area contributed by atoms with Crippen LogP contribution in [0.2, 0.25) is 0 Å². The van der Waals surface area contributed by atoms with E-state index in [0.29, 0.717) is 42.9 Å². The lowest BCUT2D eigenvalue weighted by Crippen LogP contribution is -2.38. The van der Waals surface area contributed by atoms with E-state index in [9.17, 15) is 13.2 Å². The number of sulfonamides is 1. The fourth-order valence-electron chi connectivity index (χ4n) is 4.31. The Morgan fingerprint density at radius 1 is 1.03 bits per heavy atom. The van der Waals surface area contributed by atoms with Crippen molar-refractivity contribution in [3.05, 3.63) is 89.2 Å². The summed E-state index contributed by atoms with van der Waals surface area (Å²) in [7, 11) is -1.92. The lowest BCUT2D eigenvalue weighted by Gasteiger charge is -2.31. The van der Waals surface area contributed by atoms with Crippen molar-refractivity contribution in [1.82, 2.24) is 14.6 Å². The number of aromatic nitrogens is 1. The van der Waals surface area contributed by atoms with Crippen LogP contribution in [0, 0.1) is 6.92 Å². The van der Waals surface area contributed by atoms with Crippen LogP contribution in [0.3, 0.4) is 0 Å². The van der Waals surface area contributed by atoms with Crippen LogP contribution in [0.4, 0.5) is 0 Å². The summed E-state index contributed by atoms with van der Waals surface area (Å²) in [5.74, 6) is 0.527. The quantitative estimate of drug-likeness (QED) is 0.555. The Balaban J connectivity index is 1.48. The first-order valence-electron chi connectivity index (χ1n) is 11.3. The third-order valence-corrected chi connectivity index (χ3v) is 8.07. The van der Waals surface area contributed by atoms with Crippen molar-refractivity contribution in [3.63, 3.8) is 0 Å². The molecule has 2 heterocycles. The van der Waals surface area contributed by atoms with Gasteiger partial charge >= 0.3 is 0 Å². The van der Waals surface area contributed by atoms with Crippen molar-refractivity contribution >= 4 is 15.9 Å². The predicted molar refractivity (Wildman–Crippen MR) is 130 cm³/mol. The average Bonchev–Trinajstić information content (AvgIpc) is 2.88. The van der Waals surface area contributed by atoms with Gasteiger partial charge in [0.25, 0.3) is 5.91 Å². The smallest absolute Gasteiger partial charge is 0.253 e. The molecule has 0 radical (unpaired) electrons. The summed E-state index contributed by atoms with van der Waals surface area (Å²) in [5.41, 5.74) is 2.98. The molecule has 0 unspecified atom stereocenters. The number of pyridine rings is 1. The second kappa shape index (κ2) is 10.4. The van der Waals surface area contributed by atoms with E-state index in [4.69, 9.17) is 9.72 Å². The van der Waals surface area contributed by atoms with Gasteiger partial charge in [0.15, 0.2) is 0 Å². The Hall–Kier alpha value is -3.23. The topological polar surface area (TPSA) is 88.6 Å². The van der Waals surface area contributed by atoms with E-state index in [2.05, 4.69) is 5.32 Å². The number of amides is 1. The van der Waals surface area contributed by atoms with Gasteiger partial charge in [-0.25, -0.2) is 8.42 Å². The van der Waals surface area contributed by atoms with Gasteiger partial charge in [-0.2, -0.15) is 4.31 Å². The Bertz CT molecular complexity index is 1250. The SMILES string of the molecule is COc1ccccc1CNC(=O)c1ccc(C)nc1C1CCN(S(=O)(=O)c2ccccc2)CC1. The number of hydrogen-bond donors (Lipinski definition) is 1. The van der Waals surface area contributed by atoms with Gasteiger partial charge in [-0.05, 0) is 50.1 Å². The third-order valence-electron chi connectivity index (χ3n) is 6.16. The van der Waals surface area contributed by atoms with Gasteiger partial charge in [0, 0.05) is 36.8 Å². The first-order valence-corrected chi connectivity index (χ1v) is 12.8. The van der Waals surface area contributed by atoms with E-state index in [1.54, 1.807) is 37.4 Å². The van der Waals surface area contributed by atoms with Crippen LogP contribution in [-0.2, 0) is 16.6 Å². The highest BCUT2D eigenvalue weighted by molar-refractivity contribution is 7.89. The van der Waals surface area contributed by atoms with Gasteiger partial charge in [0.1, 0.15) is 5.75 Å². The van der Waals surface area contributed by atoms with Gasteiger partial charge in [-0.15, -0.1) is 0 Å². The lowest BCUT2D eigenvalue weighted by atomic mass is 9.90. The van der Waals surface area contributed by atoms with E-state index < -0.39 is 10.0 Å². The van der Waals surface area contributed by atoms with E-state index >= 15 is 0 Å². The van der Waals surface area contributed by atoms with Crippen LogP contribution in [-0.4, -0.2) is 43.8 Å². The Kier molecular flexibility index (Phi) is 7.29. The fraction of sp³-hybridized carbons (Fsp3) is 0.308. The largest absolute Gasteiger partial charge is 0.496 e. The maximum Gasteiger partial charge on any atom is 0.253 e. The summed E-state index contributed by atoms with van der Waals surface area (Å²) in [6.45, 7) is 3.01. The van der Waals surface area contributed by atoms with Crippen molar-refractivity contribution < 1.29 is 17.9 Å². The van der Waals surface area contributed by atoms with Crippen LogP contribution in [0.1, 0.15) is 46.1 Å². The summed E-state index contributed by atoms with van der Waals surface area (Å²) in [4.78, 5) is 18.1. The Morgan fingerprint density at radius 3 is 2.41 bits per heavy atom. The van der Waals surface area contributed by atoms with Crippen LogP contribution in [0.5, 0.6) is 5.75 Å². The highest BCUT2D eigenvalue weighted by Crippen LogP contribution is 2.32. The first-order chi connectivity index (χ1) is 16.4. The van der Waals surface area contributed by atoms with Gasteiger partial charge in [0.2, 0.25) is 10.0 Å². The number of rotatable bonds is 7. The molecule has 1 amide bonds. The Morgan fingerprint density at radius 2 is 1.71 bits per heavy atom. The van der Waals surface area contributed by atoms with Gasteiger partial charge < -0.3 is 10.1 Å². The molecule has 1 aromatic heterocycles. The van der Waals surface area contributed by atoms with Crippen molar-refractivity contribution in [2.24, 2.45) is 0 Å². The maximum absolute atomic E-state index is 13.1. The molecule has 2 aromatic carbocycles. The van der Waals surface area contributed by atoms with Crippen molar-refractivity contribution in [2.75, 3.05) is 20.2 Å². The minimum atomic E-state index is -3.53. The molecule has 178 valence electrons. The standard InChI is InChI=1S/C26H29N3O4S/c1-19-12-13-23(26(30)27-18-21-8-6-7-11-24(21)33-2)25(28-19)20-14-16-29(17-15-20)34(31,32)22-9-4-3-5-10-22/h3-13,20H,14-18H2,1-2H3,(H,27,30). The number of benzene rings is 2. The number of nitrogens with zero attached hydrogens (tertiary/aromatic N) is 2. The zero-order valence-corrected chi connectivity index (χ0v) is 20.2. The van der Waals surface area contributed by atoms with E-state index in [1.165, 1.54) is 4.31 Å². The summed E-state index contributed by atoms with van der Waals surface area (Å²) in [6, 6.07) is 19.7. The van der Waals surface area contributed by atoms with Gasteiger partial charge in [0.05, 0.1) is 23.3 Å². The van der Waals surface area contributed by atoms with Crippen LogP contribution >= 0.6 is 0 Å². The third kappa shape index (κ3) is 5.13. The molecule has 8 heteroatoms. The number of piperidine rings is 1. The summed E-state index contributed by atoms with van der Waals surface area (Å²) >= 11 is 0. The Labute approximate surface area is 200 Å². The van der Waals surface area contributed by atoms with Gasteiger partial charge in [-0.3, -0.25) is 9.78 Å². The second-order valence-electron chi connectivity index (χ2n) is 8.37. The van der Waals surface area contributed by atoms with Crippen LogP contribution in [0.25, 0.3) is 0 Å². The molecule has 7 nitrogen and oxygen atoms in total. The van der Waals surface area contributed by atoms with Crippen molar-refractivity contribution in [1.29, 1.82) is 0 Å². The van der Waals surface area contributed by atoms with Crippen molar-refractivity contribution in [3.8, 4) is 5.75 Å². The predicted octanol–water partition coefficient (Wildman–Crippen LogP) is 3.90.